The number of rotatable bonds is 8. The maximum Gasteiger partial charge on any atom is 0.310 e. The third-order valence-corrected chi connectivity index (χ3v) is 6.98. The van der Waals surface area contributed by atoms with Crippen LogP contribution in [0.5, 0.6) is 0 Å². The van der Waals surface area contributed by atoms with Gasteiger partial charge in [0.2, 0.25) is 15.9 Å². The van der Waals surface area contributed by atoms with Crippen LogP contribution in [0.15, 0.2) is 29.2 Å². The summed E-state index contributed by atoms with van der Waals surface area (Å²) in [6.45, 7) is 5.49. The van der Waals surface area contributed by atoms with Gasteiger partial charge < -0.3 is 9.64 Å². The molecule has 0 saturated carbocycles. The van der Waals surface area contributed by atoms with Crippen LogP contribution in [0.4, 0.5) is 0 Å². The van der Waals surface area contributed by atoms with Crippen molar-refractivity contribution < 1.29 is 22.7 Å². The number of ether oxygens (including phenoxy) is 1. The third-order valence-electron chi connectivity index (χ3n) is 5.06. The summed E-state index contributed by atoms with van der Waals surface area (Å²) >= 11 is 0. The number of carbonyl (C=O) groups excluding carboxylic acids is 2. The molecule has 0 N–H and O–H groups in total. The topological polar surface area (TPSA) is 84.0 Å². The van der Waals surface area contributed by atoms with Crippen molar-refractivity contribution in [3.8, 4) is 0 Å². The molecule has 8 heteroatoms. The lowest BCUT2D eigenvalue weighted by Crippen LogP contribution is -2.38. The molecule has 1 aliphatic heterocycles. The van der Waals surface area contributed by atoms with Crippen LogP contribution in [0.3, 0.4) is 0 Å². The Labute approximate surface area is 167 Å². The van der Waals surface area contributed by atoms with Gasteiger partial charge in [-0.25, -0.2) is 8.42 Å². The van der Waals surface area contributed by atoms with Crippen LogP contribution in [0, 0.1) is 5.92 Å². The summed E-state index contributed by atoms with van der Waals surface area (Å²) in [4.78, 5) is 26.0. The fourth-order valence-corrected chi connectivity index (χ4v) is 4.85. The maximum atomic E-state index is 12.7. The lowest BCUT2D eigenvalue weighted by molar-refractivity contribution is -0.146. The van der Waals surface area contributed by atoms with Gasteiger partial charge in [0, 0.05) is 26.2 Å². The van der Waals surface area contributed by atoms with E-state index in [1.165, 1.54) is 11.4 Å². The Bertz CT molecular complexity index is 770. The highest BCUT2D eigenvalue weighted by Gasteiger charge is 2.26. The van der Waals surface area contributed by atoms with E-state index in [1.54, 1.807) is 36.1 Å². The first-order chi connectivity index (χ1) is 13.3. The zero-order valence-corrected chi connectivity index (χ0v) is 17.7. The average molecular weight is 411 g/mol. The summed E-state index contributed by atoms with van der Waals surface area (Å²) in [6, 6.07) is 6.51. The first kappa shape index (κ1) is 22.4. The first-order valence-corrected chi connectivity index (χ1v) is 11.2. The van der Waals surface area contributed by atoms with Crippen molar-refractivity contribution in [1.29, 1.82) is 0 Å². The molecule has 1 atom stereocenters. The molecule has 28 heavy (non-hydrogen) atoms. The van der Waals surface area contributed by atoms with E-state index in [2.05, 4.69) is 0 Å². The Hall–Kier alpha value is -1.93. The normalized spacial score (nSPS) is 16.4. The van der Waals surface area contributed by atoms with Crippen molar-refractivity contribution in [2.45, 2.75) is 44.4 Å². The van der Waals surface area contributed by atoms with Crippen molar-refractivity contribution in [3.63, 3.8) is 0 Å². The van der Waals surface area contributed by atoms with Crippen molar-refractivity contribution in [2.75, 3.05) is 33.3 Å². The van der Waals surface area contributed by atoms with Crippen LogP contribution in [-0.2, 0) is 30.8 Å². The summed E-state index contributed by atoms with van der Waals surface area (Å²) in [7, 11) is -2.14. The number of esters is 1. The van der Waals surface area contributed by atoms with Gasteiger partial charge in [0.15, 0.2) is 0 Å². The van der Waals surface area contributed by atoms with Gasteiger partial charge >= 0.3 is 5.97 Å². The Morgan fingerprint density at radius 3 is 2.29 bits per heavy atom. The first-order valence-electron chi connectivity index (χ1n) is 9.74. The summed E-state index contributed by atoms with van der Waals surface area (Å²) < 4.78 is 31.6. The number of hydrogen-bond donors (Lipinski definition) is 0. The summed E-state index contributed by atoms with van der Waals surface area (Å²) in [5, 5.41) is 0. The van der Waals surface area contributed by atoms with E-state index < -0.39 is 15.9 Å². The van der Waals surface area contributed by atoms with Gasteiger partial charge in [-0.2, -0.15) is 4.31 Å². The van der Waals surface area contributed by atoms with Crippen molar-refractivity contribution in [3.05, 3.63) is 29.8 Å². The standard InChI is InChI=1S/C20H30N2O5S/c1-4-21(15-16(2)20(24)27-3)19(23)14-17-8-10-18(11-9-17)28(25,26)22-12-6-5-7-13-22/h8-11,16H,4-7,12-15H2,1-3H3. The molecule has 156 valence electrons. The molecule has 0 radical (unpaired) electrons. The molecule has 1 unspecified atom stereocenters. The number of likely N-dealkylation sites (N-methyl/N-ethyl adjacent to an activating group) is 1. The average Bonchev–Trinajstić information content (AvgIpc) is 2.72. The minimum Gasteiger partial charge on any atom is -0.469 e. The van der Waals surface area contributed by atoms with E-state index in [0.29, 0.717) is 26.2 Å². The number of amides is 1. The highest BCUT2D eigenvalue weighted by Crippen LogP contribution is 2.21. The fraction of sp³-hybridized carbons (Fsp3) is 0.600. The molecule has 1 saturated heterocycles. The summed E-state index contributed by atoms with van der Waals surface area (Å²) in [6.07, 6.45) is 3.01. The van der Waals surface area contributed by atoms with Crippen LogP contribution in [-0.4, -0.2) is 62.8 Å². The Morgan fingerprint density at radius 2 is 1.75 bits per heavy atom. The van der Waals surface area contributed by atoms with Crippen LogP contribution >= 0.6 is 0 Å². The lowest BCUT2D eigenvalue weighted by Gasteiger charge is -2.26. The van der Waals surface area contributed by atoms with Crippen molar-refractivity contribution in [1.82, 2.24) is 9.21 Å². The zero-order chi connectivity index (χ0) is 20.7. The molecule has 1 heterocycles. The second kappa shape index (κ2) is 10.0. The minimum atomic E-state index is -3.47. The van der Waals surface area contributed by atoms with E-state index in [0.717, 1.165) is 24.8 Å². The number of carbonyl (C=O) groups is 2. The Balaban J connectivity index is 2.02. The largest absolute Gasteiger partial charge is 0.469 e. The van der Waals surface area contributed by atoms with E-state index in [9.17, 15) is 18.0 Å². The summed E-state index contributed by atoms with van der Waals surface area (Å²) in [5.74, 6) is -0.852. The monoisotopic (exact) mass is 410 g/mol. The van der Waals surface area contributed by atoms with Crippen molar-refractivity contribution >= 4 is 21.9 Å². The molecule has 0 aromatic heterocycles. The molecule has 2 rings (SSSR count). The second-order valence-electron chi connectivity index (χ2n) is 7.14. The molecular formula is C20H30N2O5S. The SMILES string of the molecule is CCN(CC(C)C(=O)OC)C(=O)Cc1ccc(S(=O)(=O)N2CCCCC2)cc1. The molecule has 1 fully saturated rings. The molecule has 1 aliphatic rings. The van der Waals surface area contributed by atoms with E-state index in [4.69, 9.17) is 4.74 Å². The quantitative estimate of drug-likeness (QED) is 0.613. The maximum absolute atomic E-state index is 12.7. The molecule has 1 amide bonds. The number of nitrogens with zero attached hydrogens (tertiary/aromatic N) is 2. The van der Waals surface area contributed by atoms with Crippen LogP contribution in [0.2, 0.25) is 0 Å². The predicted molar refractivity (Wildman–Crippen MR) is 106 cm³/mol. The van der Waals surface area contributed by atoms with E-state index in [-0.39, 0.29) is 23.2 Å². The number of sulfonamides is 1. The Morgan fingerprint density at radius 1 is 1.14 bits per heavy atom. The highest BCUT2D eigenvalue weighted by molar-refractivity contribution is 7.89. The van der Waals surface area contributed by atoms with Crippen LogP contribution in [0.25, 0.3) is 0 Å². The van der Waals surface area contributed by atoms with Gasteiger partial charge in [-0.15, -0.1) is 0 Å². The minimum absolute atomic E-state index is 0.107. The van der Waals surface area contributed by atoms with E-state index in [1.807, 2.05) is 6.92 Å². The number of piperidine rings is 1. The third kappa shape index (κ3) is 5.54. The summed E-state index contributed by atoms with van der Waals surface area (Å²) in [5.41, 5.74) is 0.742. The molecule has 0 bridgehead atoms. The van der Waals surface area contributed by atoms with Gasteiger partial charge in [-0.05, 0) is 37.5 Å². The zero-order valence-electron chi connectivity index (χ0n) is 16.9. The number of hydrogen-bond acceptors (Lipinski definition) is 5. The number of benzene rings is 1. The van der Waals surface area contributed by atoms with Gasteiger partial charge in [-0.1, -0.05) is 25.5 Å². The van der Waals surface area contributed by atoms with Crippen molar-refractivity contribution in [2.24, 2.45) is 5.92 Å². The lowest BCUT2D eigenvalue weighted by atomic mass is 10.1. The fourth-order valence-electron chi connectivity index (χ4n) is 3.33. The molecule has 1 aromatic carbocycles. The Kier molecular flexibility index (Phi) is 8.00. The van der Waals surface area contributed by atoms with E-state index >= 15 is 0 Å². The van der Waals surface area contributed by atoms with Gasteiger partial charge in [0.25, 0.3) is 0 Å². The van der Waals surface area contributed by atoms with Gasteiger partial charge in [-0.3, -0.25) is 9.59 Å². The van der Waals surface area contributed by atoms with Gasteiger partial charge in [0.1, 0.15) is 0 Å². The molecular weight excluding hydrogens is 380 g/mol. The molecule has 7 nitrogen and oxygen atoms in total. The van der Waals surface area contributed by atoms with Gasteiger partial charge in [0.05, 0.1) is 24.3 Å². The predicted octanol–water partition coefficient (Wildman–Crippen LogP) is 2.06. The second-order valence-corrected chi connectivity index (χ2v) is 9.08. The molecule has 1 aromatic rings. The molecule has 0 aliphatic carbocycles. The highest BCUT2D eigenvalue weighted by atomic mass is 32.2. The smallest absolute Gasteiger partial charge is 0.310 e. The molecule has 0 spiro atoms. The number of methoxy groups -OCH3 is 1. The van der Waals surface area contributed by atoms with Crippen LogP contribution in [0.1, 0.15) is 38.7 Å². The van der Waals surface area contributed by atoms with Crippen LogP contribution < -0.4 is 0 Å².